The lowest BCUT2D eigenvalue weighted by atomic mass is 9.94. The lowest BCUT2D eigenvalue weighted by Crippen LogP contribution is -2.49. The number of carboxylic acid groups (broad SMARTS) is 1. The number of rotatable bonds is 10. The summed E-state index contributed by atoms with van der Waals surface area (Å²) in [7, 11) is 2.09. The Labute approximate surface area is 420 Å². The summed E-state index contributed by atoms with van der Waals surface area (Å²) in [5.74, 6) is 0.597. The van der Waals surface area contributed by atoms with Crippen molar-refractivity contribution in [2.75, 3.05) is 72.8 Å². The number of aliphatic carboxylic acids is 1. The maximum Gasteiger partial charge on any atom is 0.345 e. The normalized spacial score (nSPS) is 19.1. The molecule has 12 rings (SSSR count). The van der Waals surface area contributed by atoms with Crippen LogP contribution in [0.5, 0.6) is 28.9 Å². The minimum absolute atomic E-state index is 0.0340. The SMILES string of the molecule is Cc1c(Cl)c2c(Cl)c3c4cc(F)ccc4c4sc5ncnc(c5c4c13)O[C@@H](C(=O)O)Cc1cc(ccc1OCc1ccnc(-c3ccc(OC[C@H]4COCCO4)cc3)n1)OC[C@@H](CN1CCN(C)CC1)O2. The van der Waals surface area contributed by atoms with Crippen molar-refractivity contribution in [3.8, 4) is 40.3 Å². The van der Waals surface area contributed by atoms with E-state index in [1.54, 1.807) is 36.5 Å². The molecular formula is C52H47Cl2FN6O9S. The largest absolute Gasteiger partial charge is 0.491 e. The topological polar surface area (TPSA) is 160 Å². The summed E-state index contributed by atoms with van der Waals surface area (Å²) >= 11 is 16.2. The van der Waals surface area contributed by atoms with Crippen molar-refractivity contribution in [1.82, 2.24) is 29.7 Å². The quantitative estimate of drug-likeness (QED) is 0.129. The van der Waals surface area contributed by atoms with Gasteiger partial charge in [0, 0.05) is 77.3 Å². The number of thiophene rings is 1. The zero-order chi connectivity index (χ0) is 48.8. The smallest absolute Gasteiger partial charge is 0.345 e. The van der Waals surface area contributed by atoms with Crippen molar-refractivity contribution in [3.63, 3.8) is 0 Å². The van der Waals surface area contributed by atoms with Gasteiger partial charge in [0.2, 0.25) is 12.0 Å². The molecule has 6 bridgehead atoms. The van der Waals surface area contributed by atoms with Gasteiger partial charge in [0.25, 0.3) is 0 Å². The van der Waals surface area contributed by atoms with Crippen LogP contribution in [0.4, 0.5) is 4.39 Å². The Morgan fingerprint density at radius 1 is 0.873 bits per heavy atom. The number of aryl methyl sites for hydroxylation is 1. The molecule has 0 aliphatic carbocycles. The van der Waals surface area contributed by atoms with Crippen molar-refractivity contribution >= 4 is 82.4 Å². The first-order chi connectivity index (χ1) is 34.5. The molecule has 0 spiro atoms. The number of aromatic nitrogens is 4. The summed E-state index contributed by atoms with van der Waals surface area (Å²) in [6.45, 7) is 7.82. The Hall–Kier alpha value is -6.18. The number of hydrogen-bond acceptors (Lipinski definition) is 15. The molecule has 3 atom stereocenters. The number of carbonyl (C=O) groups is 1. The third-order valence-corrected chi connectivity index (χ3v) is 15.0. The lowest BCUT2D eigenvalue weighted by Gasteiger charge is -2.35. The fourth-order valence-electron chi connectivity index (χ4n) is 9.35. The van der Waals surface area contributed by atoms with Gasteiger partial charge in [0.05, 0.1) is 40.9 Å². The zero-order valence-electron chi connectivity index (χ0n) is 38.7. The number of carboxylic acids is 1. The molecule has 5 aromatic carbocycles. The molecule has 0 amide bonds. The van der Waals surface area contributed by atoms with Gasteiger partial charge in [-0.1, -0.05) is 29.3 Å². The fraction of sp³-hybridized carbons (Fsp3) is 0.327. The van der Waals surface area contributed by atoms with Crippen molar-refractivity contribution in [3.05, 3.63) is 112 Å². The monoisotopic (exact) mass is 1020 g/mol. The van der Waals surface area contributed by atoms with Crippen LogP contribution in [0.3, 0.4) is 0 Å². The summed E-state index contributed by atoms with van der Waals surface area (Å²) in [6.07, 6.45) is 0.671. The van der Waals surface area contributed by atoms with Crippen molar-refractivity contribution < 1.29 is 47.4 Å². The number of ether oxygens (including phenoxy) is 7. The Balaban J connectivity index is 0.964. The third kappa shape index (κ3) is 9.67. The van der Waals surface area contributed by atoms with Crippen LogP contribution in [-0.4, -0.2) is 132 Å². The van der Waals surface area contributed by atoms with Crippen LogP contribution in [0.15, 0.2) is 79.3 Å². The van der Waals surface area contributed by atoms with Crippen molar-refractivity contribution in [2.24, 2.45) is 0 Å². The average Bonchev–Trinajstić information content (AvgIpc) is 3.78. The number of likely N-dealkylation sites (N-methyl/N-ethyl adjacent to an activating group) is 1. The molecule has 7 heterocycles. The fourth-order valence-corrected chi connectivity index (χ4v) is 11.1. The van der Waals surface area contributed by atoms with E-state index >= 15 is 4.39 Å². The van der Waals surface area contributed by atoms with Crippen LogP contribution in [-0.2, 0) is 27.3 Å². The number of nitrogens with zero attached hydrogens (tertiary/aromatic N) is 6. The standard InChI is InChI=1S/C52H47Cl2FN6O9S/c1-28-41-42-38-21-31(55)5-9-37(38)48-43(41)44-50(57-27-58-51(44)71-48)70-40(52(62)63)20-30-19-34(67-25-35(69-47(45(28)53)46(42)54)22-61-15-13-60(2)14-16-61)8-10-39(30)68-23-32-11-12-56-49(59-32)29-3-6-33(7-4-29)66-26-36-24-64-17-18-65-36/h3-12,19,21,27,35-36,40H,13-18,20,22-26H2,1-2H3,(H,62,63)/t35-,36-,40-/m1/s1. The molecule has 1 N–H and O–H groups in total. The summed E-state index contributed by atoms with van der Waals surface area (Å²) in [5, 5.41) is 14.9. The van der Waals surface area contributed by atoms with E-state index < -0.39 is 24.0 Å². The van der Waals surface area contributed by atoms with E-state index in [2.05, 4.69) is 31.8 Å². The number of hydrogen-bond donors (Lipinski definition) is 1. The van der Waals surface area contributed by atoms with E-state index in [0.717, 1.165) is 36.4 Å². The molecule has 2 saturated heterocycles. The molecule has 4 aliphatic rings. The van der Waals surface area contributed by atoms with Gasteiger partial charge in [-0.25, -0.2) is 29.1 Å². The Kier molecular flexibility index (Phi) is 13.4. The van der Waals surface area contributed by atoms with Gasteiger partial charge in [-0.3, -0.25) is 4.90 Å². The minimum Gasteiger partial charge on any atom is -0.491 e. The molecule has 3 aromatic heterocycles. The lowest BCUT2D eigenvalue weighted by molar-refractivity contribution is -0.145. The van der Waals surface area contributed by atoms with E-state index in [9.17, 15) is 9.90 Å². The number of halogens is 3. The van der Waals surface area contributed by atoms with Crippen LogP contribution in [0.1, 0.15) is 16.8 Å². The van der Waals surface area contributed by atoms with Crippen LogP contribution in [0, 0.1) is 12.7 Å². The van der Waals surface area contributed by atoms with E-state index in [1.807, 2.05) is 31.2 Å². The van der Waals surface area contributed by atoms with E-state index in [-0.39, 0.29) is 47.4 Å². The highest BCUT2D eigenvalue weighted by Crippen LogP contribution is 2.53. The highest BCUT2D eigenvalue weighted by molar-refractivity contribution is 7.26. The molecule has 15 nitrogen and oxygen atoms in total. The molecule has 19 heteroatoms. The second kappa shape index (κ2) is 20.1. The van der Waals surface area contributed by atoms with Gasteiger partial charge in [-0.05, 0) is 91.0 Å². The van der Waals surface area contributed by atoms with Gasteiger partial charge in [-0.15, -0.1) is 11.3 Å². The van der Waals surface area contributed by atoms with Gasteiger partial charge in [0.1, 0.15) is 66.3 Å². The third-order valence-electron chi connectivity index (χ3n) is 13.0. The molecule has 0 saturated carbocycles. The highest BCUT2D eigenvalue weighted by Gasteiger charge is 2.31. The first kappa shape index (κ1) is 47.2. The minimum atomic E-state index is -1.47. The molecule has 0 unspecified atom stereocenters. The molecule has 0 radical (unpaired) electrons. The molecule has 4 aliphatic heterocycles. The van der Waals surface area contributed by atoms with Crippen molar-refractivity contribution in [2.45, 2.75) is 38.3 Å². The maximum absolute atomic E-state index is 15.3. The number of fused-ring (bicyclic) bond motifs is 8. The van der Waals surface area contributed by atoms with Crippen LogP contribution >= 0.6 is 34.5 Å². The Morgan fingerprint density at radius 3 is 2.52 bits per heavy atom. The van der Waals surface area contributed by atoms with E-state index in [1.165, 1.54) is 29.8 Å². The van der Waals surface area contributed by atoms with Gasteiger partial charge in [-0.2, -0.15) is 0 Å². The predicted octanol–water partition coefficient (Wildman–Crippen LogP) is 9.20. The first-order valence-electron chi connectivity index (χ1n) is 23.2. The molecular weight excluding hydrogens is 975 g/mol. The van der Waals surface area contributed by atoms with Crippen LogP contribution in [0.2, 0.25) is 10.0 Å². The highest BCUT2D eigenvalue weighted by atomic mass is 35.5. The van der Waals surface area contributed by atoms with Gasteiger partial charge < -0.3 is 43.2 Å². The second-order valence-corrected chi connectivity index (χ2v) is 19.6. The van der Waals surface area contributed by atoms with E-state index in [4.69, 9.17) is 61.3 Å². The Morgan fingerprint density at radius 2 is 1.72 bits per heavy atom. The van der Waals surface area contributed by atoms with Crippen LogP contribution < -0.4 is 23.7 Å². The summed E-state index contributed by atoms with van der Waals surface area (Å²) in [5.41, 5.74) is 2.48. The van der Waals surface area contributed by atoms with Gasteiger partial charge >= 0.3 is 5.97 Å². The number of benzene rings is 5. The summed E-state index contributed by atoms with van der Waals surface area (Å²) < 4.78 is 59.5. The molecule has 71 heavy (non-hydrogen) atoms. The number of piperazine rings is 1. The molecule has 2 fully saturated rings. The zero-order valence-corrected chi connectivity index (χ0v) is 41.0. The van der Waals surface area contributed by atoms with Gasteiger partial charge in [0.15, 0.2) is 11.6 Å². The van der Waals surface area contributed by atoms with Crippen molar-refractivity contribution in [1.29, 1.82) is 0 Å². The van der Waals surface area contributed by atoms with Crippen LogP contribution in [0.25, 0.3) is 53.2 Å². The first-order valence-corrected chi connectivity index (χ1v) is 24.8. The average molecular weight is 1020 g/mol. The Bertz CT molecular complexity index is 3320. The molecule has 8 aromatic rings. The predicted molar refractivity (Wildman–Crippen MR) is 269 cm³/mol. The second-order valence-electron chi connectivity index (χ2n) is 17.8. The molecule has 366 valence electrons. The summed E-state index contributed by atoms with van der Waals surface area (Å²) in [6, 6.07) is 19.1. The van der Waals surface area contributed by atoms with E-state index in [0.29, 0.717) is 110 Å². The summed E-state index contributed by atoms with van der Waals surface area (Å²) in [4.78, 5) is 36.9. The maximum atomic E-state index is 15.3.